The van der Waals surface area contributed by atoms with Crippen molar-refractivity contribution in [3.8, 4) is 0 Å². The van der Waals surface area contributed by atoms with Crippen LogP contribution in [0.1, 0.15) is 84.8 Å². The van der Waals surface area contributed by atoms with E-state index >= 15 is 0 Å². The maximum Gasteiger partial charge on any atom is 0.256 e. The van der Waals surface area contributed by atoms with Crippen molar-refractivity contribution in [1.82, 2.24) is 19.9 Å². The first kappa shape index (κ1) is 21.0. The lowest BCUT2D eigenvalue weighted by Crippen LogP contribution is -2.41. The Morgan fingerprint density at radius 2 is 1.94 bits per heavy atom. The van der Waals surface area contributed by atoms with Gasteiger partial charge in [0, 0.05) is 43.2 Å². The molecule has 7 nitrogen and oxygen atoms in total. The summed E-state index contributed by atoms with van der Waals surface area (Å²) in [6, 6.07) is 3.42. The van der Waals surface area contributed by atoms with E-state index in [0.29, 0.717) is 36.7 Å². The molecule has 1 saturated carbocycles. The molecule has 1 aliphatic carbocycles. The Labute approximate surface area is 189 Å². The highest BCUT2D eigenvalue weighted by molar-refractivity contribution is 5.96. The maximum absolute atomic E-state index is 13.1. The van der Waals surface area contributed by atoms with Crippen molar-refractivity contribution in [1.29, 1.82) is 0 Å². The maximum atomic E-state index is 13.1. The van der Waals surface area contributed by atoms with Gasteiger partial charge < -0.3 is 4.90 Å². The zero-order valence-corrected chi connectivity index (χ0v) is 18.8. The van der Waals surface area contributed by atoms with Gasteiger partial charge in [-0.25, -0.2) is 9.97 Å². The van der Waals surface area contributed by atoms with Crippen LogP contribution in [-0.2, 0) is 11.2 Å². The van der Waals surface area contributed by atoms with Crippen molar-refractivity contribution in [3.05, 3.63) is 47.2 Å². The molecule has 0 radical (unpaired) electrons. The number of aryl methyl sites for hydroxylation is 1. The number of nitrogens with zero attached hydrogens (tertiary/aromatic N) is 5. The molecule has 4 heterocycles. The van der Waals surface area contributed by atoms with Crippen LogP contribution >= 0.6 is 0 Å². The minimum Gasteiger partial charge on any atom is -0.328 e. The summed E-state index contributed by atoms with van der Waals surface area (Å²) in [4.78, 5) is 43.8. The molecule has 3 aliphatic rings. The number of carbonyl (C=O) groups excluding carboxylic acids is 2. The quantitative estimate of drug-likeness (QED) is 0.728. The normalized spacial score (nSPS) is 21.7. The average Bonchev–Trinajstić information content (AvgIpc) is 3.31. The number of fused-ring (bicyclic) bond motifs is 1. The van der Waals surface area contributed by atoms with Gasteiger partial charge in [-0.1, -0.05) is 19.3 Å². The second kappa shape index (κ2) is 8.96. The molecule has 5 rings (SSSR count). The van der Waals surface area contributed by atoms with Crippen LogP contribution in [0.5, 0.6) is 0 Å². The lowest BCUT2D eigenvalue weighted by Gasteiger charge is -2.34. The summed E-state index contributed by atoms with van der Waals surface area (Å²) in [5, 5.41) is 0. The Balaban J connectivity index is 1.46. The molecule has 1 saturated heterocycles. The monoisotopic (exact) mass is 433 g/mol. The zero-order valence-electron chi connectivity index (χ0n) is 18.8. The second-order valence-electron chi connectivity index (χ2n) is 9.38. The minimum atomic E-state index is -0.166. The van der Waals surface area contributed by atoms with E-state index in [4.69, 9.17) is 9.97 Å². The smallest absolute Gasteiger partial charge is 0.256 e. The van der Waals surface area contributed by atoms with Gasteiger partial charge >= 0.3 is 0 Å². The van der Waals surface area contributed by atoms with Gasteiger partial charge in [0.2, 0.25) is 5.91 Å². The molecule has 2 fully saturated rings. The number of amides is 2. The van der Waals surface area contributed by atoms with Gasteiger partial charge in [0.25, 0.3) is 5.91 Å². The van der Waals surface area contributed by atoms with Crippen molar-refractivity contribution >= 4 is 17.6 Å². The molecule has 2 aromatic heterocycles. The van der Waals surface area contributed by atoms with Crippen LogP contribution in [0, 0.1) is 12.8 Å². The first-order valence-electron chi connectivity index (χ1n) is 12.0. The van der Waals surface area contributed by atoms with E-state index in [1.54, 1.807) is 24.5 Å². The molecule has 1 atom stereocenters. The Kier molecular flexibility index (Phi) is 5.89. The van der Waals surface area contributed by atoms with Gasteiger partial charge in [0.05, 0.1) is 11.6 Å². The first-order valence-corrected chi connectivity index (χ1v) is 12.0. The van der Waals surface area contributed by atoms with Crippen LogP contribution in [0.15, 0.2) is 24.5 Å². The van der Waals surface area contributed by atoms with Crippen LogP contribution in [0.3, 0.4) is 0 Å². The molecule has 0 spiro atoms. The van der Waals surface area contributed by atoms with Crippen LogP contribution in [0.4, 0.5) is 5.82 Å². The van der Waals surface area contributed by atoms with Gasteiger partial charge in [-0.05, 0) is 57.1 Å². The fraction of sp³-hybridized carbons (Fsp3) is 0.560. The number of hydrogen-bond acceptors (Lipinski definition) is 5. The van der Waals surface area contributed by atoms with E-state index in [1.165, 1.54) is 32.1 Å². The highest BCUT2D eigenvalue weighted by atomic mass is 16.2. The topological polar surface area (TPSA) is 79.3 Å². The Morgan fingerprint density at radius 3 is 2.72 bits per heavy atom. The molecule has 168 valence electrons. The van der Waals surface area contributed by atoms with Crippen molar-refractivity contribution in [2.45, 2.75) is 70.8 Å². The molecular formula is C25H31N5O2. The summed E-state index contributed by atoms with van der Waals surface area (Å²) < 4.78 is 0. The highest BCUT2D eigenvalue weighted by Gasteiger charge is 2.36. The van der Waals surface area contributed by atoms with E-state index in [9.17, 15) is 9.59 Å². The number of pyridine rings is 1. The van der Waals surface area contributed by atoms with Crippen molar-refractivity contribution in [3.63, 3.8) is 0 Å². The Bertz CT molecular complexity index is 1000. The molecule has 0 bridgehead atoms. The van der Waals surface area contributed by atoms with Crippen LogP contribution in [0.25, 0.3) is 0 Å². The molecule has 0 aromatic carbocycles. The fourth-order valence-electron chi connectivity index (χ4n) is 5.50. The van der Waals surface area contributed by atoms with Crippen molar-refractivity contribution in [2.24, 2.45) is 5.92 Å². The minimum absolute atomic E-state index is 0.0327. The zero-order chi connectivity index (χ0) is 22.1. The van der Waals surface area contributed by atoms with Crippen LogP contribution in [0.2, 0.25) is 0 Å². The third-order valence-corrected chi connectivity index (χ3v) is 7.24. The summed E-state index contributed by atoms with van der Waals surface area (Å²) in [6.07, 6.45) is 12.4. The Morgan fingerprint density at radius 1 is 1.09 bits per heavy atom. The molecule has 2 amide bonds. The van der Waals surface area contributed by atoms with Gasteiger partial charge in [0.15, 0.2) is 5.82 Å². The fourth-order valence-corrected chi connectivity index (χ4v) is 5.50. The van der Waals surface area contributed by atoms with E-state index < -0.39 is 0 Å². The molecule has 2 aliphatic heterocycles. The molecule has 32 heavy (non-hydrogen) atoms. The summed E-state index contributed by atoms with van der Waals surface area (Å²) in [5.74, 6) is 2.14. The molecule has 0 N–H and O–H groups in total. The number of aromatic nitrogens is 3. The predicted molar refractivity (Wildman–Crippen MR) is 121 cm³/mol. The van der Waals surface area contributed by atoms with Crippen LogP contribution in [-0.4, -0.2) is 44.8 Å². The number of carbonyl (C=O) groups is 2. The lowest BCUT2D eigenvalue weighted by atomic mass is 9.88. The third-order valence-electron chi connectivity index (χ3n) is 7.24. The lowest BCUT2D eigenvalue weighted by molar-refractivity contribution is -0.119. The third kappa shape index (κ3) is 4.00. The van der Waals surface area contributed by atoms with Crippen molar-refractivity contribution in [2.75, 3.05) is 18.0 Å². The van der Waals surface area contributed by atoms with Gasteiger partial charge in [-0.2, -0.15) is 0 Å². The molecule has 0 unspecified atom stereocenters. The average molecular weight is 434 g/mol. The van der Waals surface area contributed by atoms with Gasteiger partial charge in [-0.15, -0.1) is 0 Å². The van der Waals surface area contributed by atoms with Gasteiger partial charge in [0.1, 0.15) is 5.82 Å². The standard InChI is InChI=1S/C25H31N5O2/c1-17-20-11-12-22(31)30(16-18-7-3-2-4-8-18)24(20)28-23(27-17)21-10-6-14-29(21)25(32)19-9-5-13-26-15-19/h5,9,13,15,18,21H,2-4,6-8,10-12,14,16H2,1H3/t21-/m0/s1. The van der Waals surface area contributed by atoms with Crippen molar-refractivity contribution < 1.29 is 9.59 Å². The SMILES string of the molecule is Cc1nc([C@@H]2CCCN2C(=O)c2cccnc2)nc2c1CCC(=O)N2CC1CCCCC1. The van der Waals surface area contributed by atoms with E-state index in [2.05, 4.69) is 4.98 Å². The summed E-state index contributed by atoms with van der Waals surface area (Å²) in [7, 11) is 0. The molecule has 2 aromatic rings. The van der Waals surface area contributed by atoms with E-state index in [1.807, 2.05) is 16.7 Å². The van der Waals surface area contributed by atoms with E-state index in [-0.39, 0.29) is 17.9 Å². The van der Waals surface area contributed by atoms with Crippen LogP contribution < -0.4 is 4.90 Å². The highest BCUT2D eigenvalue weighted by Crippen LogP contribution is 2.36. The largest absolute Gasteiger partial charge is 0.328 e. The molecular weight excluding hydrogens is 402 g/mol. The molecule has 7 heteroatoms. The number of likely N-dealkylation sites (tertiary alicyclic amines) is 1. The summed E-state index contributed by atoms with van der Waals surface area (Å²) in [6.45, 7) is 3.45. The number of rotatable bonds is 4. The summed E-state index contributed by atoms with van der Waals surface area (Å²) in [5.41, 5.74) is 2.61. The predicted octanol–water partition coefficient (Wildman–Crippen LogP) is 4.02. The van der Waals surface area contributed by atoms with Gasteiger partial charge in [-0.3, -0.25) is 19.5 Å². The number of hydrogen-bond donors (Lipinski definition) is 0. The van der Waals surface area contributed by atoms with E-state index in [0.717, 1.165) is 36.5 Å². The first-order chi connectivity index (χ1) is 15.6. The summed E-state index contributed by atoms with van der Waals surface area (Å²) >= 11 is 0. The number of anilines is 1. The Hall–Kier alpha value is -2.83. The second-order valence-corrected chi connectivity index (χ2v) is 9.38.